The SMILES string of the molecule is CC(C)(Oc1cc(OC(C)(C)C(=O)O)cc(C(=O)O)c1)C(=O)O. The van der Waals surface area contributed by atoms with Crippen molar-refractivity contribution in [2.24, 2.45) is 0 Å². The van der Waals surface area contributed by atoms with E-state index >= 15 is 0 Å². The minimum Gasteiger partial charge on any atom is -0.478 e. The molecule has 8 heteroatoms. The number of rotatable bonds is 7. The van der Waals surface area contributed by atoms with E-state index in [4.69, 9.17) is 24.8 Å². The summed E-state index contributed by atoms with van der Waals surface area (Å²) in [5.41, 5.74) is -3.42. The summed E-state index contributed by atoms with van der Waals surface area (Å²) < 4.78 is 10.6. The van der Waals surface area contributed by atoms with E-state index in [9.17, 15) is 14.4 Å². The number of aliphatic carboxylic acids is 2. The van der Waals surface area contributed by atoms with Crippen LogP contribution in [0, 0.1) is 0 Å². The molecule has 1 rings (SSSR count). The lowest BCUT2D eigenvalue weighted by Gasteiger charge is -2.24. The van der Waals surface area contributed by atoms with Crippen molar-refractivity contribution in [2.75, 3.05) is 0 Å². The van der Waals surface area contributed by atoms with Crippen LogP contribution in [0.1, 0.15) is 38.1 Å². The highest BCUT2D eigenvalue weighted by atomic mass is 16.5. The van der Waals surface area contributed by atoms with Gasteiger partial charge in [-0.3, -0.25) is 0 Å². The minimum absolute atomic E-state index is 0.0616. The molecule has 1 aromatic rings. The fraction of sp³-hybridized carbons (Fsp3) is 0.400. The monoisotopic (exact) mass is 326 g/mol. The van der Waals surface area contributed by atoms with Gasteiger partial charge < -0.3 is 24.8 Å². The minimum atomic E-state index is -1.60. The van der Waals surface area contributed by atoms with E-state index in [0.717, 1.165) is 12.1 Å². The molecule has 0 radical (unpaired) electrons. The molecule has 0 aliphatic rings. The Bertz CT molecular complexity index is 599. The molecule has 0 heterocycles. The van der Waals surface area contributed by atoms with Crippen LogP contribution in [-0.4, -0.2) is 44.4 Å². The molecule has 0 aromatic heterocycles. The van der Waals surface area contributed by atoms with Gasteiger partial charge in [-0.15, -0.1) is 0 Å². The van der Waals surface area contributed by atoms with Gasteiger partial charge >= 0.3 is 17.9 Å². The summed E-state index contributed by atoms with van der Waals surface area (Å²) in [5.74, 6) is -3.90. The molecular weight excluding hydrogens is 308 g/mol. The van der Waals surface area contributed by atoms with Gasteiger partial charge in [-0.25, -0.2) is 14.4 Å². The molecule has 0 aliphatic carbocycles. The van der Waals surface area contributed by atoms with Crippen LogP contribution < -0.4 is 9.47 Å². The van der Waals surface area contributed by atoms with E-state index in [1.807, 2.05) is 0 Å². The third-order valence-corrected chi connectivity index (χ3v) is 2.90. The smallest absolute Gasteiger partial charge is 0.347 e. The number of hydrogen-bond acceptors (Lipinski definition) is 5. The lowest BCUT2D eigenvalue weighted by atomic mass is 10.1. The number of ether oxygens (including phenoxy) is 2. The van der Waals surface area contributed by atoms with Crippen LogP contribution in [0.5, 0.6) is 11.5 Å². The zero-order valence-corrected chi connectivity index (χ0v) is 13.1. The van der Waals surface area contributed by atoms with E-state index in [2.05, 4.69) is 0 Å². The van der Waals surface area contributed by atoms with Crippen LogP contribution in [0.15, 0.2) is 18.2 Å². The van der Waals surface area contributed by atoms with Gasteiger partial charge in [-0.2, -0.15) is 0 Å². The quantitative estimate of drug-likeness (QED) is 0.692. The van der Waals surface area contributed by atoms with Crippen LogP contribution in [0.3, 0.4) is 0 Å². The van der Waals surface area contributed by atoms with Crippen molar-refractivity contribution in [3.63, 3.8) is 0 Å². The van der Waals surface area contributed by atoms with Gasteiger partial charge in [-0.1, -0.05) is 0 Å². The Morgan fingerprint density at radius 3 is 1.39 bits per heavy atom. The molecule has 8 nitrogen and oxygen atoms in total. The molecule has 1 aromatic carbocycles. The topological polar surface area (TPSA) is 130 Å². The van der Waals surface area contributed by atoms with Crippen LogP contribution in [0.2, 0.25) is 0 Å². The fourth-order valence-electron chi connectivity index (χ4n) is 1.49. The van der Waals surface area contributed by atoms with E-state index in [-0.39, 0.29) is 17.1 Å². The van der Waals surface area contributed by atoms with Crippen molar-refractivity contribution in [1.82, 2.24) is 0 Å². The summed E-state index contributed by atoms with van der Waals surface area (Å²) in [6.45, 7) is 5.18. The van der Waals surface area contributed by atoms with E-state index in [1.165, 1.54) is 33.8 Å². The predicted octanol–water partition coefficient (Wildman–Crippen LogP) is 1.87. The zero-order chi connectivity index (χ0) is 18.0. The van der Waals surface area contributed by atoms with Crippen molar-refractivity contribution in [2.45, 2.75) is 38.9 Å². The molecule has 0 unspecified atom stereocenters. The number of hydrogen-bond donors (Lipinski definition) is 3. The third-order valence-electron chi connectivity index (χ3n) is 2.90. The Hall–Kier alpha value is -2.77. The highest BCUT2D eigenvalue weighted by Gasteiger charge is 2.32. The van der Waals surface area contributed by atoms with E-state index in [0.29, 0.717) is 0 Å². The number of carboxylic acid groups (broad SMARTS) is 3. The van der Waals surface area contributed by atoms with E-state index in [1.54, 1.807) is 0 Å². The highest BCUT2D eigenvalue weighted by molar-refractivity contribution is 5.89. The van der Waals surface area contributed by atoms with Gasteiger partial charge in [0.05, 0.1) is 5.56 Å². The Morgan fingerprint density at radius 1 is 0.783 bits per heavy atom. The lowest BCUT2D eigenvalue weighted by Crippen LogP contribution is -2.38. The average Bonchev–Trinajstić information content (AvgIpc) is 2.36. The second-order valence-corrected chi connectivity index (χ2v) is 5.83. The summed E-state index contributed by atoms with van der Waals surface area (Å²) in [6.07, 6.45) is 0. The largest absolute Gasteiger partial charge is 0.478 e. The molecule has 0 atom stereocenters. The molecule has 0 spiro atoms. The molecule has 0 bridgehead atoms. The van der Waals surface area contributed by atoms with Crippen molar-refractivity contribution in [3.8, 4) is 11.5 Å². The van der Waals surface area contributed by atoms with Gasteiger partial charge in [0.15, 0.2) is 11.2 Å². The van der Waals surface area contributed by atoms with Gasteiger partial charge in [0.2, 0.25) is 0 Å². The number of carboxylic acids is 3. The Kier molecular flexibility index (Phi) is 4.89. The molecule has 0 saturated carbocycles. The third kappa shape index (κ3) is 4.60. The Morgan fingerprint density at radius 2 is 1.13 bits per heavy atom. The average molecular weight is 326 g/mol. The number of aromatic carboxylic acids is 1. The van der Waals surface area contributed by atoms with Gasteiger partial charge in [0.25, 0.3) is 0 Å². The molecule has 0 aliphatic heterocycles. The van der Waals surface area contributed by atoms with Crippen molar-refractivity contribution < 1.29 is 39.2 Å². The molecule has 3 N–H and O–H groups in total. The molecule has 0 fully saturated rings. The van der Waals surface area contributed by atoms with Crippen molar-refractivity contribution in [3.05, 3.63) is 23.8 Å². The number of carbonyl (C=O) groups is 3. The Labute approximate surface area is 132 Å². The Balaban J connectivity index is 3.26. The predicted molar refractivity (Wildman–Crippen MR) is 78.1 cm³/mol. The fourth-order valence-corrected chi connectivity index (χ4v) is 1.49. The molecular formula is C15H18O8. The standard InChI is InChI=1S/C15H18O8/c1-14(2,12(18)19)22-9-5-8(11(16)17)6-10(7-9)23-15(3,4)13(20)21/h5-7H,1-4H3,(H,16,17)(H,18,19)(H,20,21). The summed E-state index contributed by atoms with van der Waals surface area (Å²) >= 11 is 0. The lowest BCUT2D eigenvalue weighted by molar-refractivity contribution is -0.152. The van der Waals surface area contributed by atoms with Crippen LogP contribution in [-0.2, 0) is 9.59 Å². The molecule has 23 heavy (non-hydrogen) atoms. The van der Waals surface area contributed by atoms with Crippen LogP contribution in [0.25, 0.3) is 0 Å². The normalized spacial score (nSPS) is 11.7. The second kappa shape index (κ2) is 6.15. The van der Waals surface area contributed by atoms with Crippen molar-refractivity contribution >= 4 is 17.9 Å². The van der Waals surface area contributed by atoms with Gasteiger partial charge in [0, 0.05) is 6.07 Å². The van der Waals surface area contributed by atoms with Crippen molar-refractivity contribution in [1.29, 1.82) is 0 Å². The summed E-state index contributed by atoms with van der Waals surface area (Å²) in [6, 6.07) is 3.50. The molecule has 0 saturated heterocycles. The summed E-state index contributed by atoms with van der Waals surface area (Å²) in [7, 11) is 0. The molecule has 0 amide bonds. The number of benzene rings is 1. The maximum atomic E-state index is 11.2. The maximum absolute atomic E-state index is 11.2. The first kappa shape index (κ1) is 18.3. The zero-order valence-electron chi connectivity index (χ0n) is 13.1. The first-order valence-electron chi connectivity index (χ1n) is 6.58. The van der Waals surface area contributed by atoms with Gasteiger partial charge in [-0.05, 0) is 39.8 Å². The summed E-state index contributed by atoms with van der Waals surface area (Å²) in [4.78, 5) is 33.4. The maximum Gasteiger partial charge on any atom is 0.347 e. The van der Waals surface area contributed by atoms with E-state index < -0.39 is 29.1 Å². The van der Waals surface area contributed by atoms with Crippen LogP contribution in [0.4, 0.5) is 0 Å². The van der Waals surface area contributed by atoms with Crippen LogP contribution >= 0.6 is 0 Å². The summed E-state index contributed by atoms with van der Waals surface area (Å²) in [5, 5.41) is 27.2. The highest BCUT2D eigenvalue weighted by Crippen LogP contribution is 2.29. The van der Waals surface area contributed by atoms with Gasteiger partial charge in [0.1, 0.15) is 11.5 Å². The first-order valence-corrected chi connectivity index (χ1v) is 6.58. The molecule has 126 valence electrons. The first-order chi connectivity index (χ1) is 10.3. The second-order valence-electron chi connectivity index (χ2n) is 5.83.